The van der Waals surface area contributed by atoms with E-state index in [0.29, 0.717) is 16.9 Å². The van der Waals surface area contributed by atoms with Gasteiger partial charge in [0.15, 0.2) is 0 Å². The number of nitriles is 1. The standard InChI is InChI=1S/C17H15N3O2/c1-12-6-2-3-7-13(12)17(22)20-15-9-5-4-8-14(15)19-16(21)10-11-18/h2-9H,10H2,1H3,(H,19,21)(H,20,22). The summed E-state index contributed by atoms with van der Waals surface area (Å²) in [7, 11) is 0. The minimum atomic E-state index is -0.417. The summed E-state index contributed by atoms with van der Waals surface area (Å²) >= 11 is 0. The van der Waals surface area contributed by atoms with Crippen molar-refractivity contribution in [2.45, 2.75) is 13.3 Å². The van der Waals surface area contributed by atoms with Crippen LogP contribution in [0.15, 0.2) is 48.5 Å². The topological polar surface area (TPSA) is 82.0 Å². The molecule has 5 nitrogen and oxygen atoms in total. The zero-order chi connectivity index (χ0) is 15.9. The van der Waals surface area contributed by atoms with Gasteiger partial charge < -0.3 is 10.6 Å². The maximum atomic E-state index is 12.3. The van der Waals surface area contributed by atoms with Crippen LogP contribution in [0.25, 0.3) is 0 Å². The van der Waals surface area contributed by atoms with Crippen LogP contribution in [0.5, 0.6) is 0 Å². The van der Waals surface area contributed by atoms with Crippen molar-refractivity contribution in [2.75, 3.05) is 10.6 Å². The van der Waals surface area contributed by atoms with Crippen LogP contribution in [-0.4, -0.2) is 11.8 Å². The predicted molar refractivity (Wildman–Crippen MR) is 84.4 cm³/mol. The number of carbonyl (C=O) groups excluding carboxylic acids is 2. The molecule has 2 aromatic carbocycles. The fourth-order valence-corrected chi connectivity index (χ4v) is 1.98. The van der Waals surface area contributed by atoms with E-state index >= 15 is 0 Å². The molecule has 0 saturated carbocycles. The Labute approximate surface area is 128 Å². The molecule has 0 unspecified atom stereocenters. The van der Waals surface area contributed by atoms with Gasteiger partial charge in [0.05, 0.1) is 17.4 Å². The van der Waals surface area contributed by atoms with Gasteiger partial charge in [-0.1, -0.05) is 30.3 Å². The zero-order valence-corrected chi connectivity index (χ0v) is 12.1. The number of nitrogens with zero attached hydrogens (tertiary/aromatic N) is 1. The molecule has 110 valence electrons. The molecule has 0 bridgehead atoms. The molecule has 2 amide bonds. The Kier molecular flexibility index (Phi) is 4.89. The fraction of sp³-hybridized carbons (Fsp3) is 0.118. The Morgan fingerprint density at radius 2 is 1.59 bits per heavy atom. The first-order valence-electron chi connectivity index (χ1n) is 6.74. The lowest BCUT2D eigenvalue weighted by atomic mass is 10.1. The number of carbonyl (C=O) groups is 2. The summed E-state index contributed by atoms with van der Waals surface area (Å²) in [5, 5.41) is 13.9. The number of aryl methyl sites for hydroxylation is 1. The molecule has 2 aromatic rings. The van der Waals surface area contributed by atoms with Gasteiger partial charge in [0.1, 0.15) is 6.42 Å². The summed E-state index contributed by atoms with van der Waals surface area (Å²) in [6, 6.07) is 15.9. The first-order chi connectivity index (χ1) is 10.6. The lowest BCUT2D eigenvalue weighted by Gasteiger charge is -2.12. The third-order valence-corrected chi connectivity index (χ3v) is 3.08. The van der Waals surface area contributed by atoms with E-state index in [1.807, 2.05) is 19.1 Å². The molecule has 0 saturated heterocycles. The van der Waals surface area contributed by atoms with Gasteiger partial charge in [-0.2, -0.15) is 5.26 Å². The maximum Gasteiger partial charge on any atom is 0.255 e. The molecule has 0 spiro atoms. The van der Waals surface area contributed by atoms with Gasteiger partial charge in [-0.3, -0.25) is 9.59 Å². The van der Waals surface area contributed by atoms with E-state index in [1.165, 1.54) is 0 Å². The second-order valence-electron chi connectivity index (χ2n) is 4.70. The summed E-state index contributed by atoms with van der Waals surface area (Å²) in [5.41, 5.74) is 2.39. The van der Waals surface area contributed by atoms with Crippen molar-refractivity contribution < 1.29 is 9.59 Å². The van der Waals surface area contributed by atoms with E-state index in [1.54, 1.807) is 42.5 Å². The van der Waals surface area contributed by atoms with Gasteiger partial charge in [-0.05, 0) is 30.7 Å². The third kappa shape index (κ3) is 3.70. The first-order valence-corrected chi connectivity index (χ1v) is 6.74. The van der Waals surface area contributed by atoms with E-state index in [4.69, 9.17) is 5.26 Å². The quantitative estimate of drug-likeness (QED) is 0.908. The third-order valence-electron chi connectivity index (χ3n) is 3.08. The Morgan fingerprint density at radius 1 is 1.00 bits per heavy atom. The highest BCUT2D eigenvalue weighted by molar-refractivity contribution is 6.08. The molecule has 2 N–H and O–H groups in total. The number of hydrogen-bond donors (Lipinski definition) is 2. The number of rotatable bonds is 4. The normalized spacial score (nSPS) is 9.64. The average molecular weight is 293 g/mol. The van der Waals surface area contributed by atoms with Crippen molar-refractivity contribution in [3.8, 4) is 6.07 Å². The van der Waals surface area contributed by atoms with Gasteiger partial charge in [0, 0.05) is 5.56 Å². The minimum absolute atomic E-state index is 0.236. The largest absolute Gasteiger partial charge is 0.323 e. The molecule has 0 fully saturated rings. The molecule has 0 aliphatic heterocycles. The van der Waals surface area contributed by atoms with Crippen LogP contribution >= 0.6 is 0 Å². The van der Waals surface area contributed by atoms with Crippen molar-refractivity contribution in [1.82, 2.24) is 0 Å². The molecule has 5 heteroatoms. The van der Waals surface area contributed by atoms with Gasteiger partial charge in [0.25, 0.3) is 5.91 Å². The van der Waals surface area contributed by atoms with Crippen LogP contribution in [0, 0.1) is 18.3 Å². The fourth-order valence-electron chi connectivity index (χ4n) is 1.98. The highest BCUT2D eigenvalue weighted by Gasteiger charge is 2.12. The lowest BCUT2D eigenvalue weighted by Crippen LogP contribution is -2.16. The van der Waals surface area contributed by atoms with Crippen LogP contribution in [0.3, 0.4) is 0 Å². The molecule has 0 aliphatic carbocycles. The summed E-state index contributed by atoms with van der Waals surface area (Å²) in [6.45, 7) is 1.86. The van der Waals surface area contributed by atoms with Crippen LogP contribution in [0.2, 0.25) is 0 Å². The number of amides is 2. The van der Waals surface area contributed by atoms with Gasteiger partial charge >= 0.3 is 0 Å². The highest BCUT2D eigenvalue weighted by atomic mass is 16.2. The Balaban J connectivity index is 2.20. The Bertz CT molecular complexity index is 748. The molecular weight excluding hydrogens is 278 g/mol. The second-order valence-corrected chi connectivity index (χ2v) is 4.70. The number of para-hydroxylation sites is 2. The SMILES string of the molecule is Cc1ccccc1C(=O)Nc1ccccc1NC(=O)CC#N. The Hall–Kier alpha value is -3.13. The molecule has 0 atom stereocenters. The Morgan fingerprint density at radius 3 is 2.23 bits per heavy atom. The number of nitrogens with one attached hydrogen (secondary N) is 2. The molecular formula is C17H15N3O2. The van der Waals surface area contributed by atoms with E-state index in [9.17, 15) is 9.59 Å². The maximum absolute atomic E-state index is 12.3. The van der Waals surface area contributed by atoms with E-state index in [-0.39, 0.29) is 12.3 Å². The molecule has 0 aliphatic rings. The summed E-state index contributed by atoms with van der Waals surface area (Å²) in [5.74, 6) is -0.667. The number of anilines is 2. The second kappa shape index (κ2) is 7.04. The van der Waals surface area contributed by atoms with Crippen LogP contribution in [-0.2, 0) is 4.79 Å². The molecule has 0 radical (unpaired) electrons. The average Bonchev–Trinajstić information content (AvgIpc) is 2.50. The molecule has 0 aromatic heterocycles. The van der Waals surface area contributed by atoms with E-state index < -0.39 is 5.91 Å². The van der Waals surface area contributed by atoms with Crippen molar-refractivity contribution >= 4 is 23.2 Å². The monoisotopic (exact) mass is 293 g/mol. The predicted octanol–water partition coefficient (Wildman–Crippen LogP) is 3.10. The molecule has 0 heterocycles. The van der Waals surface area contributed by atoms with Crippen molar-refractivity contribution in [1.29, 1.82) is 5.26 Å². The lowest BCUT2D eigenvalue weighted by molar-refractivity contribution is -0.115. The summed E-state index contributed by atoms with van der Waals surface area (Å²) in [6.07, 6.45) is -0.236. The van der Waals surface area contributed by atoms with Crippen molar-refractivity contribution in [2.24, 2.45) is 0 Å². The van der Waals surface area contributed by atoms with Crippen molar-refractivity contribution in [3.05, 3.63) is 59.7 Å². The zero-order valence-electron chi connectivity index (χ0n) is 12.1. The minimum Gasteiger partial charge on any atom is -0.323 e. The van der Waals surface area contributed by atoms with E-state index in [2.05, 4.69) is 10.6 Å². The summed E-state index contributed by atoms with van der Waals surface area (Å²) < 4.78 is 0. The van der Waals surface area contributed by atoms with E-state index in [0.717, 1.165) is 5.56 Å². The van der Waals surface area contributed by atoms with Gasteiger partial charge in [0.2, 0.25) is 5.91 Å². The molecule has 22 heavy (non-hydrogen) atoms. The van der Waals surface area contributed by atoms with Crippen LogP contribution in [0.4, 0.5) is 11.4 Å². The smallest absolute Gasteiger partial charge is 0.255 e. The van der Waals surface area contributed by atoms with Crippen LogP contribution < -0.4 is 10.6 Å². The van der Waals surface area contributed by atoms with Crippen molar-refractivity contribution in [3.63, 3.8) is 0 Å². The molecule has 2 rings (SSSR count). The number of benzene rings is 2. The van der Waals surface area contributed by atoms with Crippen LogP contribution in [0.1, 0.15) is 22.3 Å². The highest BCUT2D eigenvalue weighted by Crippen LogP contribution is 2.22. The number of hydrogen-bond acceptors (Lipinski definition) is 3. The van der Waals surface area contributed by atoms with Gasteiger partial charge in [-0.15, -0.1) is 0 Å². The summed E-state index contributed by atoms with van der Waals surface area (Å²) in [4.78, 5) is 23.9. The first kappa shape index (κ1) is 15.3. The van der Waals surface area contributed by atoms with Gasteiger partial charge in [-0.25, -0.2) is 0 Å².